The lowest BCUT2D eigenvalue weighted by atomic mass is 10.2. The number of rotatable bonds is 7. The van der Waals surface area contributed by atoms with Crippen LogP contribution < -0.4 is 4.72 Å². The van der Waals surface area contributed by atoms with Gasteiger partial charge in [0.15, 0.2) is 0 Å². The van der Waals surface area contributed by atoms with Crippen LogP contribution in [0.25, 0.3) is 0 Å². The van der Waals surface area contributed by atoms with Crippen LogP contribution in [0.5, 0.6) is 0 Å². The summed E-state index contributed by atoms with van der Waals surface area (Å²) in [5, 5.41) is 11.7. The van der Waals surface area contributed by atoms with Crippen LogP contribution in [0.4, 0.5) is 0 Å². The van der Waals surface area contributed by atoms with Gasteiger partial charge in [0.1, 0.15) is 6.10 Å². The first kappa shape index (κ1) is 15.2. The molecule has 0 fully saturated rings. The van der Waals surface area contributed by atoms with Gasteiger partial charge in [-0.15, -0.1) is 11.3 Å². The summed E-state index contributed by atoms with van der Waals surface area (Å²) < 4.78 is 26.2. The summed E-state index contributed by atoms with van der Waals surface area (Å²) in [5.41, 5.74) is 0.983. The van der Waals surface area contributed by atoms with Crippen LogP contribution in [0.2, 0.25) is 0 Å². The summed E-state index contributed by atoms with van der Waals surface area (Å²) in [4.78, 5) is 0.760. The Kier molecular flexibility index (Phi) is 5.31. The Morgan fingerprint density at radius 1 is 1.15 bits per heavy atom. The summed E-state index contributed by atoms with van der Waals surface area (Å²) in [5.74, 6) is 0.0220. The average molecular weight is 311 g/mol. The van der Waals surface area contributed by atoms with E-state index in [4.69, 9.17) is 0 Å². The molecule has 4 nitrogen and oxygen atoms in total. The maximum atomic E-state index is 11.9. The van der Waals surface area contributed by atoms with Gasteiger partial charge in [0.2, 0.25) is 10.0 Å². The Balaban J connectivity index is 1.82. The van der Waals surface area contributed by atoms with Crippen LogP contribution in [0.1, 0.15) is 16.5 Å². The van der Waals surface area contributed by atoms with E-state index < -0.39 is 16.1 Å². The van der Waals surface area contributed by atoms with Crippen LogP contribution in [-0.2, 0) is 16.4 Å². The molecule has 0 aliphatic rings. The Labute approximate surface area is 123 Å². The third kappa shape index (κ3) is 4.72. The van der Waals surface area contributed by atoms with Crippen molar-refractivity contribution in [3.05, 3.63) is 58.3 Å². The van der Waals surface area contributed by atoms with Crippen molar-refractivity contribution in [3.63, 3.8) is 0 Å². The van der Waals surface area contributed by atoms with Gasteiger partial charge in [-0.25, -0.2) is 13.1 Å². The SMILES string of the molecule is O=S(=O)(CCc1ccccc1)NC[C@H](O)c1cccs1. The fourth-order valence-corrected chi connectivity index (χ4v) is 3.53. The van der Waals surface area contributed by atoms with Crippen molar-refractivity contribution in [2.75, 3.05) is 12.3 Å². The molecule has 108 valence electrons. The van der Waals surface area contributed by atoms with E-state index in [1.807, 2.05) is 41.8 Å². The predicted octanol–water partition coefficient (Wildman–Crippen LogP) is 1.94. The van der Waals surface area contributed by atoms with Crippen molar-refractivity contribution in [1.82, 2.24) is 4.72 Å². The van der Waals surface area contributed by atoms with Crippen LogP contribution >= 0.6 is 11.3 Å². The first-order valence-electron chi connectivity index (χ1n) is 6.29. The standard InChI is InChI=1S/C14H17NO3S2/c16-13(14-7-4-9-19-14)11-15-20(17,18)10-8-12-5-2-1-3-6-12/h1-7,9,13,15-16H,8,10-11H2/t13-/m0/s1. The van der Waals surface area contributed by atoms with Crippen LogP contribution in [0.3, 0.4) is 0 Å². The summed E-state index contributed by atoms with van der Waals surface area (Å²) in [6.45, 7) is 0.0115. The molecule has 1 atom stereocenters. The normalized spacial score (nSPS) is 13.2. The zero-order valence-corrected chi connectivity index (χ0v) is 12.5. The van der Waals surface area contributed by atoms with Gasteiger partial charge in [-0.3, -0.25) is 0 Å². The fourth-order valence-electron chi connectivity index (χ4n) is 1.76. The number of aliphatic hydroxyl groups excluding tert-OH is 1. The van der Waals surface area contributed by atoms with Gasteiger partial charge in [-0.05, 0) is 23.4 Å². The van der Waals surface area contributed by atoms with Gasteiger partial charge in [-0.1, -0.05) is 36.4 Å². The number of aryl methyl sites for hydroxylation is 1. The Morgan fingerprint density at radius 2 is 1.90 bits per heavy atom. The Morgan fingerprint density at radius 3 is 2.55 bits per heavy atom. The second-order valence-electron chi connectivity index (χ2n) is 4.43. The molecule has 2 rings (SSSR count). The summed E-state index contributed by atoms with van der Waals surface area (Å²) in [6, 6.07) is 13.1. The fraction of sp³-hybridized carbons (Fsp3) is 0.286. The number of nitrogens with one attached hydrogen (secondary N) is 1. The van der Waals surface area contributed by atoms with Crippen molar-refractivity contribution >= 4 is 21.4 Å². The van der Waals surface area contributed by atoms with Crippen molar-refractivity contribution in [2.24, 2.45) is 0 Å². The molecule has 0 amide bonds. The lowest BCUT2D eigenvalue weighted by molar-refractivity contribution is 0.186. The first-order valence-corrected chi connectivity index (χ1v) is 8.83. The largest absolute Gasteiger partial charge is 0.386 e. The molecule has 0 unspecified atom stereocenters. The molecule has 0 aliphatic carbocycles. The maximum Gasteiger partial charge on any atom is 0.212 e. The molecule has 0 spiro atoms. The van der Waals surface area contributed by atoms with Crippen LogP contribution in [-0.4, -0.2) is 25.8 Å². The average Bonchev–Trinajstić information content (AvgIpc) is 2.98. The minimum atomic E-state index is -3.37. The van der Waals surface area contributed by atoms with Gasteiger partial charge in [0, 0.05) is 11.4 Å². The second-order valence-corrected chi connectivity index (χ2v) is 7.34. The van der Waals surface area contributed by atoms with Gasteiger partial charge < -0.3 is 5.11 Å². The summed E-state index contributed by atoms with van der Waals surface area (Å²) in [7, 11) is -3.37. The second kappa shape index (κ2) is 6.99. The highest BCUT2D eigenvalue weighted by Crippen LogP contribution is 2.17. The van der Waals surface area contributed by atoms with Crippen molar-refractivity contribution in [3.8, 4) is 0 Å². The van der Waals surface area contributed by atoms with E-state index in [-0.39, 0.29) is 12.3 Å². The number of hydrogen-bond acceptors (Lipinski definition) is 4. The topological polar surface area (TPSA) is 66.4 Å². The highest BCUT2D eigenvalue weighted by atomic mass is 32.2. The highest BCUT2D eigenvalue weighted by Gasteiger charge is 2.14. The minimum absolute atomic E-state index is 0.0115. The van der Waals surface area contributed by atoms with Gasteiger partial charge in [0.25, 0.3) is 0 Å². The van der Waals surface area contributed by atoms with Gasteiger partial charge >= 0.3 is 0 Å². The zero-order chi connectivity index (χ0) is 14.4. The van der Waals surface area contributed by atoms with E-state index in [2.05, 4.69) is 4.72 Å². The van der Waals surface area contributed by atoms with E-state index in [9.17, 15) is 13.5 Å². The molecule has 0 bridgehead atoms. The predicted molar refractivity (Wildman–Crippen MR) is 81.2 cm³/mol. The lowest BCUT2D eigenvalue weighted by Gasteiger charge is -2.10. The molecular weight excluding hydrogens is 294 g/mol. The van der Waals surface area contributed by atoms with Crippen molar-refractivity contribution in [1.29, 1.82) is 0 Å². The molecule has 2 N–H and O–H groups in total. The number of benzene rings is 1. The van der Waals surface area contributed by atoms with Crippen molar-refractivity contribution in [2.45, 2.75) is 12.5 Å². The van der Waals surface area contributed by atoms with E-state index in [0.717, 1.165) is 10.4 Å². The lowest BCUT2D eigenvalue weighted by Crippen LogP contribution is -2.31. The molecule has 1 heterocycles. The first-order chi connectivity index (χ1) is 9.57. The number of aliphatic hydroxyl groups is 1. The molecule has 0 saturated carbocycles. The van der Waals surface area contributed by atoms with E-state index >= 15 is 0 Å². The minimum Gasteiger partial charge on any atom is -0.386 e. The quantitative estimate of drug-likeness (QED) is 0.821. The number of sulfonamides is 1. The maximum absolute atomic E-state index is 11.9. The molecule has 2 aromatic rings. The van der Waals surface area contributed by atoms with Crippen LogP contribution in [0.15, 0.2) is 47.8 Å². The summed E-state index contributed by atoms with van der Waals surface area (Å²) >= 11 is 1.41. The molecule has 1 aromatic carbocycles. The molecule has 0 saturated heterocycles. The smallest absolute Gasteiger partial charge is 0.212 e. The molecule has 20 heavy (non-hydrogen) atoms. The Bertz CT molecular complexity index is 609. The third-order valence-corrected chi connectivity index (χ3v) is 5.19. The number of hydrogen-bond donors (Lipinski definition) is 2. The van der Waals surface area contributed by atoms with E-state index in [1.165, 1.54) is 11.3 Å². The third-order valence-electron chi connectivity index (χ3n) is 2.87. The monoisotopic (exact) mass is 311 g/mol. The van der Waals surface area contributed by atoms with Crippen molar-refractivity contribution < 1.29 is 13.5 Å². The van der Waals surface area contributed by atoms with E-state index in [0.29, 0.717) is 6.42 Å². The molecule has 0 radical (unpaired) electrons. The number of thiophene rings is 1. The molecule has 1 aromatic heterocycles. The molecular formula is C14H17NO3S2. The van der Waals surface area contributed by atoms with Gasteiger partial charge in [0.05, 0.1) is 5.75 Å². The summed E-state index contributed by atoms with van der Waals surface area (Å²) in [6.07, 6.45) is -0.327. The van der Waals surface area contributed by atoms with E-state index in [1.54, 1.807) is 6.07 Å². The Hall–Kier alpha value is -1.21. The zero-order valence-electron chi connectivity index (χ0n) is 10.9. The highest BCUT2D eigenvalue weighted by molar-refractivity contribution is 7.89. The van der Waals surface area contributed by atoms with Gasteiger partial charge in [-0.2, -0.15) is 0 Å². The van der Waals surface area contributed by atoms with Crippen LogP contribution in [0, 0.1) is 0 Å². The molecule has 6 heteroatoms. The molecule has 0 aliphatic heterocycles.